The molecule has 19 heavy (non-hydrogen) atoms. The first-order chi connectivity index (χ1) is 9.10. The Balaban J connectivity index is 2.16. The molecule has 0 spiro atoms. The fourth-order valence-electron chi connectivity index (χ4n) is 1.47. The van der Waals surface area contributed by atoms with E-state index in [2.05, 4.69) is 5.32 Å². The van der Waals surface area contributed by atoms with Gasteiger partial charge >= 0.3 is 0 Å². The lowest BCUT2D eigenvalue weighted by Gasteiger charge is -2.05. The van der Waals surface area contributed by atoms with Gasteiger partial charge in [0, 0.05) is 11.3 Å². The second-order valence-corrected chi connectivity index (χ2v) is 4.18. The summed E-state index contributed by atoms with van der Waals surface area (Å²) in [5.41, 5.74) is 1.31. The van der Waals surface area contributed by atoms with Crippen molar-refractivity contribution in [1.82, 2.24) is 0 Å². The van der Waals surface area contributed by atoms with Crippen LogP contribution in [-0.4, -0.2) is 5.91 Å². The van der Waals surface area contributed by atoms with E-state index in [-0.39, 0.29) is 10.6 Å². The molecule has 94 valence electrons. The first-order valence-electron chi connectivity index (χ1n) is 5.37. The SMILES string of the molecule is N#Cc1ccc(NC(=O)c2ccc(F)c(Cl)c2)cc1. The van der Waals surface area contributed by atoms with E-state index in [0.717, 1.165) is 6.07 Å². The molecule has 2 aromatic rings. The Bertz CT molecular complexity index is 662. The van der Waals surface area contributed by atoms with E-state index in [9.17, 15) is 9.18 Å². The average Bonchev–Trinajstić information content (AvgIpc) is 2.42. The van der Waals surface area contributed by atoms with Gasteiger partial charge in [-0.2, -0.15) is 5.26 Å². The molecule has 0 fully saturated rings. The van der Waals surface area contributed by atoms with Gasteiger partial charge in [-0.15, -0.1) is 0 Å². The largest absolute Gasteiger partial charge is 0.322 e. The van der Waals surface area contributed by atoms with E-state index >= 15 is 0 Å². The third-order valence-electron chi connectivity index (χ3n) is 2.45. The molecular formula is C14H8ClFN2O. The maximum absolute atomic E-state index is 13.0. The van der Waals surface area contributed by atoms with Gasteiger partial charge < -0.3 is 5.32 Å². The molecule has 0 unspecified atom stereocenters. The zero-order chi connectivity index (χ0) is 13.8. The molecule has 1 amide bonds. The number of halogens is 2. The fourth-order valence-corrected chi connectivity index (χ4v) is 1.65. The molecule has 0 saturated heterocycles. The van der Waals surface area contributed by atoms with E-state index in [0.29, 0.717) is 11.3 Å². The van der Waals surface area contributed by atoms with Gasteiger partial charge in [-0.3, -0.25) is 4.79 Å². The van der Waals surface area contributed by atoms with Crippen molar-refractivity contribution >= 4 is 23.2 Å². The topological polar surface area (TPSA) is 52.9 Å². The number of carbonyl (C=O) groups is 1. The minimum absolute atomic E-state index is 0.104. The number of nitrogens with zero attached hydrogens (tertiary/aromatic N) is 1. The third-order valence-corrected chi connectivity index (χ3v) is 2.74. The maximum Gasteiger partial charge on any atom is 0.255 e. The highest BCUT2D eigenvalue weighted by atomic mass is 35.5. The van der Waals surface area contributed by atoms with Crippen LogP contribution >= 0.6 is 11.6 Å². The number of anilines is 1. The van der Waals surface area contributed by atoms with Gasteiger partial charge in [0.15, 0.2) is 0 Å². The molecule has 0 saturated carbocycles. The molecule has 3 nitrogen and oxygen atoms in total. The van der Waals surface area contributed by atoms with Crippen LogP contribution in [0.5, 0.6) is 0 Å². The van der Waals surface area contributed by atoms with Crippen LogP contribution in [0, 0.1) is 17.1 Å². The Morgan fingerprint density at radius 2 is 1.89 bits per heavy atom. The molecule has 0 aliphatic rings. The lowest BCUT2D eigenvalue weighted by Crippen LogP contribution is -2.11. The minimum Gasteiger partial charge on any atom is -0.322 e. The minimum atomic E-state index is -0.573. The molecule has 2 aromatic carbocycles. The van der Waals surface area contributed by atoms with Crippen LogP contribution in [0.25, 0.3) is 0 Å². The van der Waals surface area contributed by atoms with Crippen molar-refractivity contribution < 1.29 is 9.18 Å². The van der Waals surface area contributed by atoms with Crippen LogP contribution in [-0.2, 0) is 0 Å². The summed E-state index contributed by atoms with van der Waals surface area (Å²) in [5.74, 6) is -0.969. The van der Waals surface area contributed by atoms with E-state index in [4.69, 9.17) is 16.9 Å². The van der Waals surface area contributed by atoms with Crippen LogP contribution in [0.15, 0.2) is 42.5 Å². The van der Waals surface area contributed by atoms with Crippen LogP contribution in [0.2, 0.25) is 5.02 Å². The highest BCUT2D eigenvalue weighted by Crippen LogP contribution is 2.17. The Hall–Kier alpha value is -2.38. The molecular weight excluding hydrogens is 267 g/mol. The lowest BCUT2D eigenvalue weighted by atomic mass is 10.2. The molecule has 0 aliphatic heterocycles. The summed E-state index contributed by atoms with van der Waals surface area (Å²) in [6.45, 7) is 0. The van der Waals surface area contributed by atoms with Gasteiger partial charge in [0.25, 0.3) is 5.91 Å². The highest BCUT2D eigenvalue weighted by Gasteiger charge is 2.09. The van der Waals surface area contributed by atoms with E-state index in [1.54, 1.807) is 24.3 Å². The molecule has 0 atom stereocenters. The summed E-state index contributed by atoms with van der Waals surface area (Å²) >= 11 is 5.61. The van der Waals surface area contributed by atoms with Gasteiger partial charge in [0.2, 0.25) is 0 Å². The molecule has 5 heteroatoms. The predicted octanol–water partition coefficient (Wildman–Crippen LogP) is 3.60. The van der Waals surface area contributed by atoms with Crippen molar-refractivity contribution in [3.8, 4) is 6.07 Å². The van der Waals surface area contributed by atoms with Gasteiger partial charge in [-0.1, -0.05) is 11.6 Å². The Kier molecular flexibility index (Phi) is 3.79. The van der Waals surface area contributed by atoms with Crippen LogP contribution < -0.4 is 5.32 Å². The number of rotatable bonds is 2. The summed E-state index contributed by atoms with van der Waals surface area (Å²) in [4.78, 5) is 11.9. The van der Waals surface area contributed by atoms with E-state index < -0.39 is 11.7 Å². The zero-order valence-corrected chi connectivity index (χ0v) is 10.4. The normalized spacial score (nSPS) is 9.74. The van der Waals surface area contributed by atoms with Crippen molar-refractivity contribution in [2.45, 2.75) is 0 Å². The van der Waals surface area contributed by atoms with Gasteiger partial charge in [-0.05, 0) is 42.5 Å². The van der Waals surface area contributed by atoms with Gasteiger partial charge in [0.05, 0.1) is 16.7 Å². The number of hydrogen-bond acceptors (Lipinski definition) is 2. The Morgan fingerprint density at radius 1 is 1.21 bits per heavy atom. The monoisotopic (exact) mass is 274 g/mol. The number of benzene rings is 2. The first kappa shape index (κ1) is 13.1. The predicted molar refractivity (Wildman–Crippen MR) is 70.5 cm³/mol. The van der Waals surface area contributed by atoms with Crippen LogP contribution in [0.4, 0.5) is 10.1 Å². The van der Waals surface area contributed by atoms with Crippen molar-refractivity contribution in [3.05, 3.63) is 64.4 Å². The molecule has 1 N–H and O–H groups in total. The Morgan fingerprint density at radius 3 is 2.47 bits per heavy atom. The average molecular weight is 275 g/mol. The van der Waals surface area contributed by atoms with Crippen molar-refractivity contribution in [1.29, 1.82) is 5.26 Å². The number of carbonyl (C=O) groups excluding carboxylic acids is 1. The number of nitriles is 1. The van der Waals surface area contributed by atoms with Gasteiger partial charge in [-0.25, -0.2) is 4.39 Å². The second-order valence-electron chi connectivity index (χ2n) is 3.77. The molecule has 0 bridgehead atoms. The molecule has 0 heterocycles. The summed E-state index contributed by atoms with van der Waals surface area (Å²) in [7, 11) is 0. The highest BCUT2D eigenvalue weighted by molar-refractivity contribution is 6.31. The van der Waals surface area contributed by atoms with Crippen molar-refractivity contribution in [3.63, 3.8) is 0 Å². The van der Waals surface area contributed by atoms with Crippen LogP contribution in [0.1, 0.15) is 15.9 Å². The summed E-state index contributed by atoms with van der Waals surface area (Å²) in [6, 6.07) is 12.1. The summed E-state index contributed by atoms with van der Waals surface area (Å²) in [5, 5.41) is 11.2. The van der Waals surface area contributed by atoms with Crippen LogP contribution in [0.3, 0.4) is 0 Å². The summed E-state index contributed by atoms with van der Waals surface area (Å²) in [6.07, 6.45) is 0. The Labute approximate surface area is 114 Å². The second kappa shape index (κ2) is 5.51. The standard InChI is InChI=1S/C14H8ClFN2O/c15-12-7-10(3-6-13(12)16)14(19)18-11-4-1-9(8-17)2-5-11/h1-7H,(H,18,19). The lowest BCUT2D eigenvalue weighted by molar-refractivity contribution is 0.102. The zero-order valence-electron chi connectivity index (χ0n) is 9.65. The van der Waals surface area contributed by atoms with Crippen molar-refractivity contribution in [2.24, 2.45) is 0 Å². The first-order valence-corrected chi connectivity index (χ1v) is 5.74. The molecule has 0 aromatic heterocycles. The number of hydrogen-bond donors (Lipinski definition) is 1. The fraction of sp³-hybridized carbons (Fsp3) is 0. The quantitative estimate of drug-likeness (QED) is 0.909. The number of nitrogens with one attached hydrogen (secondary N) is 1. The maximum atomic E-state index is 13.0. The smallest absolute Gasteiger partial charge is 0.255 e. The van der Waals surface area contributed by atoms with Gasteiger partial charge in [0.1, 0.15) is 5.82 Å². The molecule has 2 rings (SSSR count). The molecule has 0 radical (unpaired) electrons. The third kappa shape index (κ3) is 3.09. The van der Waals surface area contributed by atoms with E-state index in [1.807, 2.05) is 6.07 Å². The molecule has 0 aliphatic carbocycles. The number of amides is 1. The van der Waals surface area contributed by atoms with E-state index in [1.165, 1.54) is 12.1 Å². The van der Waals surface area contributed by atoms with Crippen molar-refractivity contribution in [2.75, 3.05) is 5.32 Å². The summed E-state index contributed by atoms with van der Waals surface area (Å²) < 4.78 is 13.0.